The van der Waals surface area contributed by atoms with Crippen LogP contribution in [0.1, 0.15) is 16.8 Å². The third-order valence-corrected chi connectivity index (χ3v) is 3.27. The Kier molecular flexibility index (Phi) is 5.65. The molecule has 1 rings (SSSR count). The van der Waals surface area contributed by atoms with Gasteiger partial charge in [-0.25, -0.2) is 0 Å². The summed E-state index contributed by atoms with van der Waals surface area (Å²) in [6.07, 6.45) is 3.04. The number of anilines is 1. The first-order chi connectivity index (χ1) is 8.04. The molecular formula is C12H17ClN2OS. The molecular weight excluding hydrogens is 256 g/mol. The van der Waals surface area contributed by atoms with E-state index in [1.54, 1.807) is 41.9 Å². The van der Waals surface area contributed by atoms with Gasteiger partial charge in [-0.3, -0.25) is 4.79 Å². The van der Waals surface area contributed by atoms with Gasteiger partial charge in [0.1, 0.15) is 0 Å². The molecule has 0 aromatic heterocycles. The molecule has 0 atom stereocenters. The molecule has 1 amide bonds. The first kappa shape index (κ1) is 14.2. The second-order valence-corrected chi connectivity index (χ2v) is 5.27. The van der Waals surface area contributed by atoms with Gasteiger partial charge in [0.05, 0.1) is 0 Å². The maximum Gasteiger partial charge on any atom is 0.253 e. The highest BCUT2D eigenvalue weighted by molar-refractivity contribution is 7.98. The first-order valence-electron chi connectivity index (χ1n) is 5.35. The van der Waals surface area contributed by atoms with Crippen molar-refractivity contribution in [1.82, 2.24) is 4.90 Å². The zero-order valence-corrected chi connectivity index (χ0v) is 11.6. The fourth-order valence-electron chi connectivity index (χ4n) is 1.50. The highest BCUT2D eigenvalue weighted by Crippen LogP contribution is 2.17. The van der Waals surface area contributed by atoms with Crippen LogP contribution < -0.4 is 5.73 Å². The molecule has 1 aromatic rings. The molecule has 0 saturated carbocycles. The Hall–Kier alpha value is -0.870. The van der Waals surface area contributed by atoms with Crippen LogP contribution in [0.4, 0.5) is 5.69 Å². The van der Waals surface area contributed by atoms with E-state index in [1.165, 1.54) is 0 Å². The minimum absolute atomic E-state index is 0.0414. The van der Waals surface area contributed by atoms with Crippen molar-refractivity contribution in [2.24, 2.45) is 0 Å². The van der Waals surface area contributed by atoms with E-state index in [0.29, 0.717) is 16.3 Å². The number of carbonyl (C=O) groups excluding carboxylic acids is 1. The molecule has 2 N–H and O–H groups in total. The predicted octanol–water partition coefficient (Wildman–Crippen LogP) is 2.75. The fourth-order valence-corrected chi connectivity index (χ4v) is 2.17. The van der Waals surface area contributed by atoms with Gasteiger partial charge in [0, 0.05) is 29.9 Å². The average molecular weight is 273 g/mol. The van der Waals surface area contributed by atoms with Crippen LogP contribution in [0.2, 0.25) is 5.02 Å². The number of benzene rings is 1. The number of rotatable bonds is 5. The van der Waals surface area contributed by atoms with Crippen molar-refractivity contribution in [3.05, 3.63) is 28.8 Å². The summed E-state index contributed by atoms with van der Waals surface area (Å²) in [5.41, 5.74) is 6.72. The number of nitrogens with two attached hydrogens (primary N) is 1. The normalized spacial score (nSPS) is 10.3. The van der Waals surface area contributed by atoms with Gasteiger partial charge in [0.2, 0.25) is 0 Å². The molecule has 0 aliphatic heterocycles. The van der Waals surface area contributed by atoms with Crippen LogP contribution in [0.5, 0.6) is 0 Å². The van der Waals surface area contributed by atoms with Gasteiger partial charge in [-0.2, -0.15) is 11.8 Å². The summed E-state index contributed by atoms with van der Waals surface area (Å²) < 4.78 is 0. The molecule has 0 bridgehead atoms. The van der Waals surface area contributed by atoms with Crippen molar-refractivity contribution in [1.29, 1.82) is 0 Å². The van der Waals surface area contributed by atoms with E-state index >= 15 is 0 Å². The van der Waals surface area contributed by atoms with Crippen molar-refractivity contribution < 1.29 is 4.79 Å². The smallest absolute Gasteiger partial charge is 0.253 e. The molecule has 0 aliphatic carbocycles. The van der Waals surface area contributed by atoms with Crippen LogP contribution in [0.25, 0.3) is 0 Å². The van der Waals surface area contributed by atoms with Crippen LogP contribution in [-0.2, 0) is 0 Å². The summed E-state index contributed by atoms with van der Waals surface area (Å²) in [7, 11) is 1.79. The van der Waals surface area contributed by atoms with E-state index in [4.69, 9.17) is 17.3 Å². The number of amides is 1. The molecule has 0 saturated heterocycles. The molecule has 94 valence electrons. The molecule has 0 radical (unpaired) electrons. The van der Waals surface area contributed by atoms with Gasteiger partial charge >= 0.3 is 0 Å². The largest absolute Gasteiger partial charge is 0.399 e. The number of halogens is 1. The maximum absolute atomic E-state index is 12.0. The van der Waals surface area contributed by atoms with E-state index in [1.807, 2.05) is 0 Å². The minimum Gasteiger partial charge on any atom is -0.399 e. The van der Waals surface area contributed by atoms with Crippen molar-refractivity contribution in [3.8, 4) is 0 Å². The molecule has 1 aromatic carbocycles. The third kappa shape index (κ3) is 4.48. The van der Waals surface area contributed by atoms with Gasteiger partial charge < -0.3 is 10.6 Å². The van der Waals surface area contributed by atoms with Crippen molar-refractivity contribution in [2.75, 3.05) is 31.3 Å². The number of nitrogens with zero attached hydrogens (tertiary/aromatic N) is 1. The Balaban J connectivity index is 2.68. The van der Waals surface area contributed by atoms with Gasteiger partial charge in [0.15, 0.2) is 0 Å². The molecule has 0 spiro atoms. The first-order valence-corrected chi connectivity index (χ1v) is 7.12. The van der Waals surface area contributed by atoms with Crippen LogP contribution in [0.3, 0.4) is 0 Å². The molecule has 0 aliphatic rings. The lowest BCUT2D eigenvalue weighted by molar-refractivity contribution is 0.0795. The van der Waals surface area contributed by atoms with Gasteiger partial charge in [-0.15, -0.1) is 0 Å². The topological polar surface area (TPSA) is 46.3 Å². The summed E-state index contributed by atoms with van der Waals surface area (Å²) >= 11 is 7.65. The quantitative estimate of drug-likeness (QED) is 0.662. The Bertz CT molecular complexity index is 378. The van der Waals surface area contributed by atoms with Crippen LogP contribution in [-0.4, -0.2) is 36.4 Å². The Morgan fingerprint density at radius 1 is 1.47 bits per heavy atom. The van der Waals surface area contributed by atoms with E-state index < -0.39 is 0 Å². The molecule has 0 unspecified atom stereocenters. The van der Waals surface area contributed by atoms with Crippen LogP contribution in [0, 0.1) is 0 Å². The van der Waals surface area contributed by atoms with Crippen LogP contribution >= 0.6 is 23.4 Å². The van der Waals surface area contributed by atoms with Crippen LogP contribution in [0.15, 0.2) is 18.2 Å². The second kappa shape index (κ2) is 6.77. The number of hydrogen-bond acceptors (Lipinski definition) is 3. The lowest BCUT2D eigenvalue weighted by Gasteiger charge is -2.17. The molecule has 17 heavy (non-hydrogen) atoms. The SMILES string of the molecule is CSCCCN(C)C(=O)c1cc(N)cc(Cl)c1. The Morgan fingerprint density at radius 3 is 2.76 bits per heavy atom. The maximum atomic E-state index is 12.0. The summed E-state index contributed by atoms with van der Waals surface area (Å²) in [5.74, 6) is 1.01. The minimum atomic E-state index is -0.0414. The third-order valence-electron chi connectivity index (χ3n) is 2.36. The zero-order chi connectivity index (χ0) is 12.8. The van der Waals surface area contributed by atoms with Gasteiger partial charge in [-0.05, 0) is 36.6 Å². The van der Waals surface area contributed by atoms with E-state index in [-0.39, 0.29) is 5.91 Å². The molecule has 0 heterocycles. The highest BCUT2D eigenvalue weighted by atomic mass is 35.5. The Morgan fingerprint density at radius 2 is 2.18 bits per heavy atom. The summed E-state index contributed by atoms with van der Waals surface area (Å²) in [6.45, 7) is 0.742. The summed E-state index contributed by atoms with van der Waals surface area (Å²) in [4.78, 5) is 13.7. The summed E-state index contributed by atoms with van der Waals surface area (Å²) in [6, 6.07) is 4.93. The number of hydrogen-bond donors (Lipinski definition) is 1. The second-order valence-electron chi connectivity index (χ2n) is 3.85. The summed E-state index contributed by atoms with van der Waals surface area (Å²) in [5, 5.41) is 0.492. The van der Waals surface area contributed by atoms with E-state index in [9.17, 15) is 4.79 Å². The van der Waals surface area contributed by atoms with E-state index in [0.717, 1.165) is 18.7 Å². The number of thioether (sulfide) groups is 1. The van der Waals surface area contributed by atoms with Crippen molar-refractivity contribution >= 4 is 35.0 Å². The molecule has 0 fully saturated rings. The molecule has 5 heteroatoms. The van der Waals surface area contributed by atoms with Gasteiger partial charge in [-0.1, -0.05) is 11.6 Å². The van der Waals surface area contributed by atoms with E-state index in [2.05, 4.69) is 6.26 Å². The lowest BCUT2D eigenvalue weighted by Crippen LogP contribution is -2.28. The number of nitrogen functional groups attached to an aromatic ring is 1. The van der Waals surface area contributed by atoms with Crippen molar-refractivity contribution in [2.45, 2.75) is 6.42 Å². The standard InChI is InChI=1S/C12H17ClN2OS/c1-15(4-3-5-17-2)12(16)9-6-10(13)8-11(14)7-9/h6-8H,3-5,14H2,1-2H3. The van der Waals surface area contributed by atoms with Gasteiger partial charge in [0.25, 0.3) is 5.91 Å². The van der Waals surface area contributed by atoms with Crippen molar-refractivity contribution in [3.63, 3.8) is 0 Å². The zero-order valence-electron chi connectivity index (χ0n) is 10.1. The highest BCUT2D eigenvalue weighted by Gasteiger charge is 2.12. The lowest BCUT2D eigenvalue weighted by atomic mass is 10.2. The average Bonchev–Trinajstić information content (AvgIpc) is 2.27. The fraction of sp³-hybridized carbons (Fsp3) is 0.417. The predicted molar refractivity (Wildman–Crippen MR) is 75.8 cm³/mol. The Labute approximate surface area is 111 Å². The number of carbonyl (C=O) groups is 1. The monoisotopic (exact) mass is 272 g/mol. The molecule has 3 nitrogen and oxygen atoms in total.